The average molecular weight is 1180 g/mol. The molecule has 0 aromatic heterocycles. The first-order chi connectivity index (χ1) is 44.2. The summed E-state index contributed by atoms with van der Waals surface area (Å²) in [6, 6.07) is 97.7. The first kappa shape index (κ1) is 56.8. The standard InChI is InChI=1S/C87H72N2O2/c1-85(2)79-51-57(19-21-59-25-47-75-77-49-39-69(55-83(77)86(3,4)81(75)53-59)88(67-35-41-71(90-7)42-36-67)65-31-27-63(28-32-65)61-15-11-9-12-16-61)23-45-73(79)74-46-24-58(52-80(74)85)20-22-60-26-48-76-78-50-40-70(56-84(78)87(5,6)82(76)54-60)89(68-37-43-72(91-8)44-38-68)66-33-29-64(30-34-66)62-17-13-10-14-18-62/h9-56H,1-8H3. The van der Waals surface area contributed by atoms with Crippen LogP contribution in [0.2, 0.25) is 0 Å². The van der Waals surface area contributed by atoms with E-state index in [1.165, 1.54) is 111 Å². The summed E-state index contributed by atoms with van der Waals surface area (Å²) in [5.74, 6) is 1.67. The van der Waals surface area contributed by atoms with Gasteiger partial charge in [0, 0.05) is 50.4 Å². The van der Waals surface area contributed by atoms with Crippen molar-refractivity contribution in [3.8, 4) is 67.1 Å². The minimum absolute atomic E-state index is 0.175. The molecule has 4 nitrogen and oxygen atoms in total. The van der Waals surface area contributed by atoms with Crippen LogP contribution in [-0.4, -0.2) is 14.2 Å². The van der Waals surface area contributed by atoms with Crippen LogP contribution in [0.25, 0.3) is 79.9 Å². The molecule has 0 aliphatic heterocycles. The fourth-order valence-corrected chi connectivity index (χ4v) is 14.6. The number of rotatable bonds is 14. The second kappa shape index (κ2) is 22.4. The predicted octanol–water partition coefficient (Wildman–Crippen LogP) is 23.2. The van der Waals surface area contributed by atoms with Crippen LogP contribution in [0.1, 0.15) is 97.2 Å². The maximum atomic E-state index is 5.58. The van der Waals surface area contributed by atoms with Crippen LogP contribution < -0.4 is 19.3 Å². The number of nitrogens with zero attached hydrogens (tertiary/aromatic N) is 2. The van der Waals surface area contributed by atoms with Crippen LogP contribution >= 0.6 is 0 Å². The van der Waals surface area contributed by atoms with Crippen LogP contribution in [0.5, 0.6) is 11.5 Å². The van der Waals surface area contributed by atoms with E-state index in [0.717, 1.165) is 45.6 Å². The Balaban J connectivity index is 0.655. The minimum atomic E-state index is -0.220. The number of anilines is 6. The molecule has 0 atom stereocenters. The summed E-state index contributed by atoms with van der Waals surface area (Å²) in [5.41, 5.74) is 31.4. The Morgan fingerprint density at radius 1 is 0.242 bits per heavy atom. The summed E-state index contributed by atoms with van der Waals surface area (Å²) in [7, 11) is 3.43. The van der Waals surface area contributed by atoms with Gasteiger partial charge in [0.05, 0.1) is 14.2 Å². The highest BCUT2D eigenvalue weighted by molar-refractivity contribution is 5.91. The molecule has 12 aromatic carbocycles. The molecule has 0 heterocycles. The molecule has 0 bridgehead atoms. The number of benzene rings is 12. The van der Waals surface area contributed by atoms with Gasteiger partial charge in [-0.15, -0.1) is 0 Å². The van der Waals surface area contributed by atoms with Gasteiger partial charge in [-0.2, -0.15) is 0 Å². The highest BCUT2D eigenvalue weighted by Gasteiger charge is 2.39. The third-order valence-electron chi connectivity index (χ3n) is 19.7. The van der Waals surface area contributed by atoms with E-state index < -0.39 is 0 Å². The largest absolute Gasteiger partial charge is 0.497 e. The average Bonchev–Trinajstić information content (AvgIpc) is 1.61. The van der Waals surface area contributed by atoms with E-state index in [0.29, 0.717) is 0 Å². The maximum Gasteiger partial charge on any atom is 0.119 e. The van der Waals surface area contributed by atoms with Gasteiger partial charge in [0.1, 0.15) is 11.5 Å². The zero-order chi connectivity index (χ0) is 62.2. The number of hydrogen-bond donors (Lipinski definition) is 0. The lowest BCUT2D eigenvalue weighted by atomic mass is 9.81. The van der Waals surface area contributed by atoms with Crippen molar-refractivity contribution in [1.82, 2.24) is 0 Å². The molecule has 0 N–H and O–H groups in total. The van der Waals surface area contributed by atoms with Crippen molar-refractivity contribution < 1.29 is 9.47 Å². The highest BCUT2D eigenvalue weighted by Crippen LogP contribution is 2.54. The Morgan fingerprint density at radius 3 is 0.747 bits per heavy atom. The molecule has 3 aliphatic rings. The van der Waals surface area contributed by atoms with E-state index in [1.807, 2.05) is 24.3 Å². The van der Waals surface area contributed by atoms with Crippen LogP contribution in [0.3, 0.4) is 0 Å². The summed E-state index contributed by atoms with van der Waals surface area (Å²) in [6.07, 6.45) is 9.15. The normalized spacial score (nSPS) is 14.1. The molecule has 0 unspecified atom stereocenters. The Hall–Kier alpha value is -10.7. The van der Waals surface area contributed by atoms with Gasteiger partial charge in [-0.25, -0.2) is 0 Å². The van der Waals surface area contributed by atoms with E-state index in [2.05, 4.69) is 318 Å². The quantitative estimate of drug-likeness (QED) is 0.101. The van der Waals surface area contributed by atoms with Crippen molar-refractivity contribution in [3.63, 3.8) is 0 Å². The molecular weight excluding hydrogens is 1100 g/mol. The molecule has 0 radical (unpaired) electrons. The topological polar surface area (TPSA) is 24.9 Å². The van der Waals surface area contributed by atoms with Gasteiger partial charge in [-0.3, -0.25) is 0 Å². The molecular formula is C87H72N2O2. The summed E-state index contributed by atoms with van der Waals surface area (Å²) in [5, 5.41) is 0. The second-order valence-corrected chi connectivity index (χ2v) is 26.1. The molecule has 0 fully saturated rings. The second-order valence-electron chi connectivity index (χ2n) is 26.1. The lowest BCUT2D eigenvalue weighted by molar-refractivity contribution is 0.414. The fraction of sp³-hybridized carbons (Fsp3) is 0.126. The fourth-order valence-electron chi connectivity index (χ4n) is 14.6. The van der Waals surface area contributed by atoms with E-state index in [-0.39, 0.29) is 16.2 Å². The third kappa shape index (κ3) is 10.0. The Labute approximate surface area is 536 Å². The van der Waals surface area contributed by atoms with Gasteiger partial charge in [0.2, 0.25) is 0 Å². The molecule has 4 heteroatoms. The molecule has 91 heavy (non-hydrogen) atoms. The molecule has 15 rings (SSSR count). The summed E-state index contributed by atoms with van der Waals surface area (Å²) in [4.78, 5) is 4.70. The van der Waals surface area contributed by atoms with Gasteiger partial charge in [0.25, 0.3) is 0 Å². The van der Waals surface area contributed by atoms with Gasteiger partial charge in [0.15, 0.2) is 0 Å². The molecule has 442 valence electrons. The zero-order valence-electron chi connectivity index (χ0n) is 52.9. The predicted molar refractivity (Wildman–Crippen MR) is 383 cm³/mol. The molecule has 0 spiro atoms. The van der Waals surface area contributed by atoms with Gasteiger partial charge < -0.3 is 19.3 Å². The van der Waals surface area contributed by atoms with Crippen LogP contribution in [-0.2, 0) is 16.2 Å². The van der Waals surface area contributed by atoms with E-state index in [4.69, 9.17) is 9.47 Å². The number of fused-ring (bicyclic) bond motifs is 9. The van der Waals surface area contributed by atoms with Crippen LogP contribution in [0.15, 0.2) is 267 Å². The molecule has 12 aromatic rings. The van der Waals surface area contributed by atoms with Crippen molar-refractivity contribution in [1.29, 1.82) is 0 Å². The maximum absolute atomic E-state index is 5.58. The highest BCUT2D eigenvalue weighted by atomic mass is 16.5. The van der Waals surface area contributed by atoms with Gasteiger partial charge in [-0.05, 0) is 208 Å². The Morgan fingerprint density at radius 2 is 0.473 bits per heavy atom. The number of hydrogen-bond acceptors (Lipinski definition) is 4. The summed E-state index contributed by atoms with van der Waals surface area (Å²) >= 11 is 0. The number of methoxy groups -OCH3 is 2. The lowest BCUT2D eigenvalue weighted by Crippen LogP contribution is -2.16. The number of ether oxygens (including phenoxy) is 2. The van der Waals surface area contributed by atoms with E-state index in [9.17, 15) is 0 Å². The first-order valence-electron chi connectivity index (χ1n) is 31.7. The van der Waals surface area contributed by atoms with E-state index >= 15 is 0 Å². The van der Waals surface area contributed by atoms with Gasteiger partial charge in [-0.1, -0.05) is 236 Å². The van der Waals surface area contributed by atoms with Gasteiger partial charge >= 0.3 is 0 Å². The Kier molecular flexibility index (Phi) is 14.0. The van der Waals surface area contributed by atoms with Crippen molar-refractivity contribution in [2.45, 2.75) is 57.8 Å². The smallest absolute Gasteiger partial charge is 0.119 e. The van der Waals surface area contributed by atoms with Crippen LogP contribution in [0.4, 0.5) is 34.1 Å². The SMILES string of the molecule is COc1ccc(N(c2ccc(-c3ccccc3)cc2)c2ccc3c(c2)C(C)(C)c2cc(C=Cc4ccc5c(c4)C(C)(C)c4cc(C=Cc6ccc7c(c6)C(C)(C)c6cc(N(c8ccc(OC)cc8)c8ccc(-c9ccccc9)cc8)ccc6-7)ccc4-5)ccc2-3)cc1. The van der Waals surface area contributed by atoms with Crippen molar-refractivity contribution in [2.75, 3.05) is 24.0 Å². The zero-order valence-corrected chi connectivity index (χ0v) is 52.9. The third-order valence-corrected chi connectivity index (χ3v) is 19.7. The van der Waals surface area contributed by atoms with Crippen molar-refractivity contribution >= 4 is 58.4 Å². The van der Waals surface area contributed by atoms with Crippen molar-refractivity contribution in [3.05, 3.63) is 323 Å². The molecule has 3 aliphatic carbocycles. The summed E-state index contributed by atoms with van der Waals surface area (Å²) in [6.45, 7) is 14.2. The van der Waals surface area contributed by atoms with E-state index in [1.54, 1.807) is 14.2 Å². The molecule has 0 saturated heterocycles. The van der Waals surface area contributed by atoms with Crippen LogP contribution in [0, 0.1) is 0 Å². The molecule has 0 saturated carbocycles. The molecule has 0 amide bonds. The monoisotopic (exact) mass is 1180 g/mol. The lowest BCUT2D eigenvalue weighted by Gasteiger charge is -2.28. The first-order valence-corrected chi connectivity index (χ1v) is 31.7. The van der Waals surface area contributed by atoms with Crippen molar-refractivity contribution in [2.24, 2.45) is 0 Å². The summed E-state index contributed by atoms with van der Waals surface area (Å²) < 4.78 is 11.2. The Bertz CT molecular complexity index is 4510. The minimum Gasteiger partial charge on any atom is -0.497 e.